The van der Waals surface area contributed by atoms with Crippen molar-refractivity contribution in [2.75, 3.05) is 6.54 Å². The van der Waals surface area contributed by atoms with Gasteiger partial charge in [-0.3, -0.25) is 4.79 Å². The molecule has 3 heteroatoms. The maximum Gasteiger partial charge on any atom is 0.309 e. The molecule has 116 valence electrons. The van der Waals surface area contributed by atoms with E-state index in [1.807, 2.05) is 13.8 Å². The van der Waals surface area contributed by atoms with Crippen LogP contribution in [0, 0.1) is 10.8 Å². The quantitative estimate of drug-likeness (QED) is 0.801. The van der Waals surface area contributed by atoms with Crippen LogP contribution in [0.5, 0.6) is 0 Å². The Morgan fingerprint density at radius 3 is 2.30 bits per heavy atom. The summed E-state index contributed by atoms with van der Waals surface area (Å²) in [6, 6.07) is 0.618. The second kappa shape index (κ2) is 6.46. The highest BCUT2D eigenvalue weighted by atomic mass is 16.4. The molecule has 2 aliphatic rings. The lowest BCUT2D eigenvalue weighted by molar-refractivity contribution is -0.147. The van der Waals surface area contributed by atoms with Crippen LogP contribution in [0.2, 0.25) is 0 Å². The van der Waals surface area contributed by atoms with Gasteiger partial charge in [0.25, 0.3) is 0 Å². The number of hydrogen-bond donors (Lipinski definition) is 2. The minimum absolute atomic E-state index is 0.605. The molecule has 1 spiro atoms. The Bertz CT molecular complexity index is 322. The van der Waals surface area contributed by atoms with Crippen LogP contribution in [-0.4, -0.2) is 23.7 Å². The molecule has 0 saturated heterocycles. The predicted molar refractivity (Wildman–Crippen MR) is 81.8 cm³/mol. The topological polar surface area (TPSA) is 49.3 Å². The molecule has 20 heavy (non-hydrogen) atoms. The molecule has 2 rings (SSSR count). The van der Waals surface area contributed by atoms with Gasteiger partial charge >= 0.3 is 5.97 Å². The summed E-state index contributed by atoms with van der Waals surface area (Å²) in [5.41, 5.74) is 0.0724. The SMILES string of the molecule is CC(C)(CCNC1CCC2(CCCCC2)CC1)C(=O)O. The normalized spacial score (nSPS) is 23.9. The first-order chi connectivity index (χ1) is 9.44. The molecule has 0 bridgehead atoms. The molecule has 0 aromatic heterocycles. The molecule has 0 atom stereocenters. The van der Waals surface area contributed by atoms with Crippen LogP contribution >= 0.6 is 0 Å². The van der Waals surface area contributed by atoms with Crippen molar-refractivity contribution >= 4 is 5.97 Å². The highest BCUT2D eigenvalue weighted by Crippen LogP contribution is 2.47. The molecule has 0 aromatic carbocycles. The van der Waals surface area contributed by atoms with Gasteiger partial charge in [0.15, 0.2) is 0 Å². The van der Waals surface area contributed by atoms with Crippen molar-refractivity contribution in [1.29, 1.82) is 0 Å². The van der Waals surface area contributed by atoms with Crippen LogP contribution in [0.25, 0.3) is 0 Å². The lowest BCUT2D eigenvalue weighted by Crippen LogP contribution is -2.40. The van der Waals surface area contributed by atoms with E-state index in [0.29, 0.717) is 17.9 Å². The summed E-state index contributed by atoms with van der Waals surface area (Å²) in [6.45, 7) is 4.46. The zero-order chi connectivity index (χ0) is 14.6. The van der Waals surface area contributed by atoms with E-state index in [9.17, 15) is 4.79 Å². The number of carboxylic acid groups (broad SMARTS) is 1. The smallest absolute Gasteiger partial charge is 0.309 e. The number of hydrogen-bond acceptors (Lipinski definition) is 2. The fraction of sp³-hybridized carbons (Fsp3) is 0.941. The van der Waals surface area contributed by atoms with E-state index in [-0.39, 0.29) is 0 Å². The molecule has 2 saturated carbocycles. The molecule has 0 radical (unpaired) electrons. The lowest BCUT2D eigenvalue weighted by Gasteiger charge is -2.43. The minimum Gasteiger partial charge on any atom is -0.481 e. The number of nitrogens with one attached hydrogen (secondary N) is 1. The first-order valence-electron chi connectivity index (χ1n) is 8.40. The second-order valence-corrected chi connectivity index (χ2v) is 7.73. The third-order valence-corrected chi connectivity index (χ3v) is 5.72. The number of rotatable bonds is 5. The molecule has 2 aliphatic carbocycles. The summed E-state index contributed by atoms with van der Waals surface area (Å²) < 4.78 is 0. The van der Waals surface area contributed by atoms with E-state index in [1.54, 1.807) is 0 Å². The van der Waals surface area contributed by atoms with Crippen LogP contribution < -0.4 is 5.32 Å². The van der Waals surface area contributed by atoms with Gasteiger partial charge in [-0.05, 0) is 70.8 Å². The Labute approximate surface area is 123 Å². The van der Waals surface area contributed by atoms with Gasteiger partial charge in [0, 0.05) is 6.04 Å². The largest absolute Gasteiger partial charge is 0.481 e. The van der Waals surface area contributed by atoms with E-state index in [1.165, 1.54) is 57.8 Å². The average Bonchev–Trinajstić information content (AvgIpc) is 2.42. The minimum atomic E-state index is -0.691. The van der Waals surface area contributed by atoms with Gasteiger partial charge in [-0.25, -0.2) is 0 Å². The molecule has 0 unspecified atom stereocenters. The fourth-order valence-electron chi connectivity index (χ4n) is 3.93. The zero-order valence-corrected chi connectivity index (χ0v) is 13.2. The molecular weight excluding hydrogens is 250 g/mol. The van der Waals surface area contributed by atoms with Crippen molar-refractivity contribution in [2.24, 2.45) is 10.8 Å². The monoisotopic (exact) mass is 281 g/mol. The van der Waals surface area contributed by atoms with E-state index in [0.717, 1.165) is 6.54 Å². The van der Waals surface area contributed by atoms with E-state index in [4.69, 9.17) is 5.11 Å². The second-order valence-electron chi connectivity index (χ2n) is 7.73. The first-order valence-corrected chi connectivity index (χ1v) is 8.40. The van der Waals surface area contributed by atoms with Crippen molar-refractivity contribution in [2.45, 2.75) is 84.1 Å². The van der Waals surface area contributed by atoms with Crippen molar-refractivity contribution < 1.29 is 9.90 Å². The average molecular weight is 281 g/mol. The highest BCUT2D eigenvalue weighted by Gasteiger charge is 2.36. The van der Waals surface area contributed by atoms with Gasteiger partial charge in [0.1, 0.15) is 0 Å². The third kappa shape index (κ3) is 3.97. The highest BCUT2D eigenvalue weighted by molar-refractivity contribution is 5.73. The van der Waals surface area contributed by atoms with Crippen LogP contribution in [0.3, 0.4) is 0 Å². The number of carbonyl (C=O) groups is 1. The van der Waals surface area contributed by atoms with Crippen molar-refractivity contribution in [1.82, 2.24) is 5.32 Å². The Morgan fingerprint density at radius 1 is 1.15 bits per heavy atom. The molecule has 3 nitrogen and oxygen atoms in total. The summed E-state index contributed by atoms with van der Waals surface area (Å²) in [5.74, 6) is -0.691. The predicted octanol–water partition coefficient (Wildman–Crippen LogP) is 3.97. The summed E-state index contributed by atoms with van der Waals surface area (Å²) >= 11 is 0. The van der Waals surface area contributed by atoms with Gasteiger partial charge in [0.05, 0.1) is 5.41 Å². The van der Waals surface area contributed by atoms with Crippen LogP contribution in [0.15, 0.2) is 0 Å². The van der Waals surface area contributed by atoms with E-state index >= 15 is 0 Å². The molecule has 0 aromatic rings. The van der Waals surface area contributed by atoms with Crippen molar-refractivity contribution in [3.63, 3.8) is 0 Å². The number of aliphatic carboxylic acids is 1. The van der Waals surface area contributed by atoms with Crippen LogP contribution in [0.1, 0.15) is 78.1 Å². The summed E-state index contributed by atoms with van der Waals surface area (Å²) in [7, 11) is 0. The van der Waals surface area contributed by atoms with Crippen LogP contribution in [-0.2, 0) is 4.79 Å². The molecule has 0 heterocycles. The standard InChI is InChI=1S/C17H31NO2/c1-16(2,15(19)20)12-13-18-14-6-10-17(11-7-14)8-4-3-5-9-17/h14,18H,3-13H2,1-2H3,(H,19,20). The van der Waals surface area contributed by atoms with Gasteiger partial charge < -0.3 is 10.4 Å². The molecule has 2 fully saturated rings. The Hall–Kier alpha value is -0.570. The maximum absolute atomic E-state index is 11.1. The van der Waals surface area contributed by atoms with E-state index in [2.05, 4.69) is 5.32 Å². The first kappa shape index (κ1) is 15.8. The molecular formula is C17H31NO2. The molecule has 0 amide bonds. The Morgan fingerprint density at radius 2 is 1.75 bits per heavy atom. The molecule has 2 N–H and O–H groups in total. The lowest BCUT2D eigenvalue weighted by atomic mass is 9.64. The summed E-state index contributed by atoms with van der Waals surface area (Å²) in [5, 5.41) is 12.7. The Balaban J connectivity index is 1.68. The maximum atomic E-state index is 11.1. The van der Waals surface area contributed by atoms with Crippen LogP contribution in [0.4, 0.5) is 0 Å². The molecule has 0 aliphatic heterocycles. The van der Waals surface area contributed by atoms with Gasteiger partial charge in [-0.1, -0.05) is 19.3 Å². The van der Waals surface area contributed by atoms with Gasteiger partial charge in [-0.2, -0.15) is 0 Å². The zero-order valence-electron chi connectivity index (χ0n) is 13.2. The fourth-order valence-corrected chi connectivity index (χ4v) is 3.93. The Kier molecular flexibility index (Phi) is 5.11. The third-order valence-electron chi connectivity index (χ3n) is 5.72. The van der Waals surface area contributed by atoms with Gasteiger partial charge in [-0.15, -0.1) is 0 Å². The summed E-state index contributed by atoms with van der Waals surface area (Å²) in [6.07, 6.45) is 13.3. The van der Waals surface area contributed by atoms with Gasteiger partial charge in [0.2, 0.25) is 0 Å². The van der Waals surface area contributed by atoms with E-state index < -0.39 is 11.4 Å². The number of carboxylic acids is 1. The van der Waals surface area contributed by atoms with Crippen molar-refractivity contribution in [3.05, 3.63) is 0 Å². The summed E-state index contributed by atoms with van der Waals surface area (Å²) in [4.78, 5) is 11.1. The van der Waals surface area contributed by atoms with Crippen molar-refractivity contribution in [3.8, 4) is 0 Å².